The Balaban J connectivity index is 2.30. The van der Waals surface area contributed by atoms with Crippen molar-refractivity contribution in [1.82, 2.24) is 0 Å². The summed E-state index contributed by atoms with van der Waals surface area (Å²) >= 11 is 0. The zero-order valence-corrected chi connectivity index (χ0v) is 13.9. The molecule has 1 aromatic rings. The van der Waals surface area contributed by atoms with Gasteiger partial charge >= 0.3 is 0 Å². The van der Waals surface area contributed by atoms with Crippen LogP contribution in [0.1, 0.15) is 12.0 Å². The molecule has 0 heterocycles. The summed E-state index contributed by atoms with van der Waals surface area (Å²) in [6, 6.07) is 10.7. The van der Waals surface area contributed by atoms with Crippen molar-refractivity contribution in [3.8, 4) is 0 Å². The Hall–Kier alpha value is -0.386. The van der Waals surface area contributed by atoms with Crippen LogP contribution in [-0.2, 0) is 10.8 Å². The summed E-state index contributed by atoms with van der Waals surface area (Å²) in [7, 11) is -2.50. The largest absolute Gasteiger partial charge is 0.420 e. The van der Waals surface area contributed by atoms with Gasteiger partial charge < -0.3 is 4.43 Å². The number of hydrogen-bond donors (Lipinski definition) is 0. The second-order valence-electron chi connectivity index (χ2n) is 6.20. The molecule has 0 fully saturated rings. The summed E-state index contributed by atoms with van der Waals surface area (Å²) in [6.07, 6.45) is 2.28. The van der Waals surface area contributed by atoms with Crippen molar-refractivity contribution < 1.29 is 4.43 Å². The first kappa shape index (κ1) is 14.7. The van der Waals surface area contributed by atoms with E-state index in [2.05, 4.69) is 63.1 Å². The van der Waals surface area contributed by atoms with Crippen molar-refractivity contribution in [2.75, 3.05) is 6.61 Å². The molecule has 0 bridgehead atoms. The molecule has 0 spiro atoms. The molecule has 0 aliphatic heterocycles. The zero-order chi connectivity index (χ0) is 12.9. The van der Waals surface area contributed by atoms with Crippen LogP contribution in [0.15, 0.2) is 30.3 Å². The first-order valence-electron chi connectivity index (χ1n) is 6.51. The van der Waals surface area contributed by atoms with Crippen LogP contribution in [0.5, 0.6) is 0 Å². The maximum absolute atomic E-state index is 6.22. The van der Waals surface area contributed by atoms with Gasteiger partial charge in [0.1, 0.15) is 0 Å². The van der Waals surface area contributed by atoms with Gasteiger partial charge in [-0.25, -0.2) is 0 Å². The summed E-state index contributed by atoms with van der Waals surface area (Å²) in [5.74, 6) is 0. The van der Waals surface area contributed by atoms with Crippen LogP contribution in [-0.4, -0.2) is 22.0 Å². The minimum absolute atomic E-state index is 0.929. The highest BCUT2D eigenvalue weighted by Gasteiger charge is 2.38. The molecule has 0 aromatic heterocycles. The minimum atomic E-state index is -1.40. The van der Waals surface area contributed by atoms with Gasteiger partial charge in [-0.3, -0.25) is 0 Å². The number of aryl methyl sites for hydroxylation is 1. The third-order valence-corrected chi connectivity index (χ3v) is 19.5. The topological polar surface area (TPSA) is 9.23 Å². The molecule has 17 heavy (non-hydrogen) atoms. The molecule has 0 aliphatic rings. The van der Waals surface area contributed by atoms with E-state index in [0.29, 0.717) is 0 Å². The summed E-state index contributed by atoms with van der Waals surface area (Å²) in [6.45, 7) is 13.0. The van der Waals surface area contributed by atoms with Crippen molar-refractivity contribution in [3.63, 3.8) is 0 Å². The van der Waals surface area contributed by atoms with Gasteiger partial charge in [-0.1, -0.05) is 50.0 Å². The van der Waals surface area contributed by atoms with Crippen LogP contribution in [0.25, 0.3) is 0 Å². The summed E-state index contributed by atoms with van der Waals surface area (Å²) < 4.78 is 6.22. The fourth-order valence-corrected chi connectivity index (χ4v) is 4.16. The lowest BCUT2D eigenvalue weighted by atomic mass is 10.1. The Morgan fingerprint density at radius 1 is 0.941 bits per heavy atom. The normalized spacial score (nSPS) is 12.8. The van der Waals surface area contributed by atoms with Gasteiger partial charge in [0.2, 0.25) is 0 Å². The maximum atomic E-state index is 6.22. The smallest absolute Gasteiger partial charge is 0.173 e. The van der Waals surface area contributed by atoms with Crippen molar-refractivity contribution in [2.45, 2.75) is 45.6 Å². The van der Waals surface area contributed by atoms with Crippen molar-refractivity contribution in [3.05, 3.63) is 35.9 Å². The fourth-order valence-electron chi connectivity index (χ4n) is 1.46. The molecule has 0 saturated carbocycles. The average Bonchev–Trinajstić information content (AvgIpc) is 2.24. The van der Waals surface area contributed by atoms with Gasteiger partial charge in [-0.2, -0.15) is 0 Å². The Bertz CT molecular complexity index is 328. The molecule has 1 nitrogen and oxygen atoms in total. The molecule has 0 saturated heterocycles. The van der Waals surface area contributed by atoms with Crippen LogP contribution in [0.4, 0.5) is 0 Å². The number of hydrogen-bond acceptors (Lipinski definition) is 1. The van der Waals surface area contributed by atoms with Gasteiger partial charge in [0, 0.05) is 6.61 Å². The van der Waals surface area contributed by atoms with E-state index in [-0.39, 0.29) is 0 Å². The van der Waals surface area contributed by atoms with Crippen molar-refractivity contribution >= 4 is 15.4 Å². The molecule has 0 unspecified atom stereocenters. The van der Waals surface area contributed by atoms with E-state index >= 15 is 0 Å². The van der Waals surface area contributed by atoms with Crippen molar-refractivity contribution in [2.24, 2.45) is 0 Å². The van der Waals surface area contributed by atoms with E-state index in [9.17, 15) is 0 Å². The Morgan fingerprint density at radius 2 is 1.53 bits per heavy atom. The zero-order valence-electron chi connectivity index (χ0n) is 11.9. The molecule has 0 radical (unpaired) electrons. The van der Waals surface area contributed by atoms with Crippen LogP contribution < -0.4 is 0 Å². The highest BCUT2D eigenvalue weighted by molar-refractivity contribution is 7.37. The molecule has 3 heteroatoms. The van der Waals surface area contributed by atoms with Crippen molar-refractivity contribution in [1.29, 1.82) is 0 Å². The Kier molecular flexibility index (Phi) is 5.16. The Morgan fingerprint density at radius 3 is 2.06 bits per heavy atom. The first-order valence-corrected chi connectivity index (χ1v) is 13.9. The van der Waals surface area contributed by atoms with Gasteiger partial charge in [0.05, 0.1) is 7.59 Å². The summed E-state index contributed by atoms with van der Waals surface area (Å²) in [5, 5.41) is 0. The van der Waals surface area contributed by atoms with Crippen LogP contribution in [0, 0.1) is 0 Å². The quantitative estimate of drug-likeness (QED) is 0.552. The molecule has 1 aromatic carbocycles. The average molecular weight is 267 g/mol. The predicted molar refractivity (Wildman–Crippen MR) is 81.5 cm³/mol. The molecular weight excluding hydrogens is 240 g/mol. The minimum Gasteiger partial charge on any atom is -0.420 e. The van der Waals surface area contributed by atoms with E-state index in [1.807, 2.05) is 0 Å². The van der Waals surface area contributed by atoms with Crippen LogP contribution >= 0.6 is 0 Å². The molecular formula is C14H26OSi2. The van der Waals surface area contributed by atoms with Crippen LogP contribution in [0.3, 0.4) is 0 Å². The standard InChI is InChI=1S/C14H26OSi2/c1-16(2,3)17(4,5)15-13-9-12-14-10-7-6-8-11-14/h6-8,10-11H,9,12-13H2,1-5H3. The number of benzene rings is 1. The lowest BCUT2D eigenvalue weighted by molar-refractivity contribution is 0.311. The summed E-state index contributed by atoms with van der Waals surface area (Å²) in [5.41, 5.74) is 1.42. The molecule has 0 atom stereocenters. The fraction of sp³-hybridized carbons (Fsp3) is 0.571. The lowest BCUT2D eigenvalue weighted by Gasteiger charge is -2.34. The van der Waals surface area contributed by atoms with E-state index in [1.54, 1.807) is 0 Å². The van der Waals surface area contributed by atoms with Crippen LogP contribution in [0.2, 0.25) is 32.7 Å². The molecule has 0 N–H and O–H groups in total. The van der Waals surface area contributed by atoms with Gasteiger partial charge in [0.15, 0.2) is 7.83 Å². The van der Waals surface area contributed by atoms with E-state index in [4.69, 9.17) is 4.43 Å². The van der Waals surface area contributed by atoms with E-state index < -0.39 is 15.4 Å². The first-order chi connectivity index (χ1) is 7.83. The van der Waals surface area contributed by atoms with Gasteiger partial charge in [0.25, 0.3) is 0 Å². The third kappa shape index (κ3) is 4.78. The lowest BCUT2D eigenvalue weighted by Crippen LogP contribution is -2.54. The Labute approximate surface area is 108 Å². The predicted octanol–water partition coefficient (Wildman–Crippen LogP) is 4.26. The molecule has 1 rings (SSSR count). The monoisotopic (exact) mass is 266 g/mol. The maximum Gasteiger partial charge on any atom is 0.173 e. The molecule has 0 aliphatic carbocycles. The highest BCUT2D eigenvalue weighted by Crippen LogP contribution is 2.20. The number of rotatable bonds is 6. The van der Waals surface area contributed by atoms with E-state index in [0.717, 1.165) is 19.4 Å². The van der Waals surface area contributed by atoms with Gasteiger partial charge in [-0.05, 0) is 31.5 Å². The van der Waals surface area contributed by atoms with Gasteiger partial charge in [-0.15, -0.1) is 0 Å². The molecule has 96 valence electrons. The SMILES string of the molecule is C[Si](C)(C)[Si](C)(C)OCCCc1ccccc1. The summed E-state index contributed by atoms with van der Waals surface area (Å²) in [4.78, 5) is 0. The third-order valence-electron chi connectivity index (χ3n) is 3.72. The second kappa shape index (κ2) is 5.98. The van der Waals surface area contributed by atoms with E-state index in [1.165, 1.54) is 5.56 Å². The highest BCUT2D eigenvalue weighted by atomic mass is 29.3. The molecule has 0 amide bonds. The second-order valence-corrected chi connectivity index (χ2v) is 22.1.